The van der Waals surface area contributed by atoms with Crippen LogP contribution in [0.5, 0.6) is 0 Å². The van der Waals surface area contributed by atoms with Gasteiger partial charge in [-0.15, -0.1) is 0 Å². The van der Waals surface area contributed by atoms with Gasteiger partial charge in [0.2, 0.25) is 5.95 Å². The fourth-order valence-electron chi connectivity index (χ4n) is 1.29. The van der Waals surface area contributed by atoms with Gasteiger partial charge in [0, 0.05) is 31.0 Å². The maximum absolute atomic E-state index is 4.30. The zero-order valence-corrected chi connectivity index (χ0v) is 10.4. The number of nitrogens with one attached hydrogen (secondary N) is 1. The molecular formula is C11H22N4. The van der Waals surface area contributed by atoms with E-state index in [2.05, 4.69) is 54.6 Å². The molecule has 0 spiro atoms. The number of hydrogen-bond acceptors (Lipinski definition) is 3. The Kier molecular flexibility index (Phi) is 4.15. The van der Waals surface area contributed by atoms with E-state index >= 15 is 0 Å². The van der Waals surface area contributed by atoms with Crippen LogP contribution in [0.2, 0.25) is 0 Å². The minimum atomic E-state index is 0.449. The van der Waals surface area contributed by atoms with E-state index < -0.39 is 0 Å². The van der Waals surface area contributed by atoms with Gasteiger partial charge in [-0.3, -0.25) is 0 Å². The van der Waals surface area contributed by atoms with Gasteiger partial charge in [-0.2, -0.15) is 0 Å². The summed E-state index contributed by atoms with van der Waals surface area (Å²) in [5.41, 5.74) is 0. The molecule has 1 atom stereocenters. The predicted molar refractivity (Wildman–Crippen MR) is 64.3 cm³/mol. The van der Waals surface area contributed by atoms with Crippen molar-refractivity contribution in [3.8, 4) is 0 Å². The SMILES string of the molecule is CC(CNc1nccn1C(C)C)N(C)C. The molecule has 4 nitrogen and oxygen atoms in total. The van der Waals surface area contributed by atoms with E-state index in [1.807, 2.05) is 12.4 Å². The number of likely N-dealkylation sites (N-methyl/N-ethyl adjacent to an activating group) is 1. The monoisotopic (exact) mass is 210 g/mol. The molecule has 1 unspecified atom stereocenters. The van der Waals surface area contributed by atoms with Crippen LogP contribution in [0.4, 0.5) is 5.95 Å². The van der Waals surface area contributed by atoms with Crippen molar-refractivity contribution in [2.45, 2.75) is 32.9 Å². The van der Waals surface area contributed by atoms with Crippen LogP contribution in [0, 0.1) is 0 Å². The molecule has 0 bridgehead atoms. The van der Waals surface area contributed by atoms with Gasteiger partial charge in [0.25, 0.3) is 0 Å². The summed E-state index contributed by atoms with van der Waals surface area (Å²) >= 11 is 0. The molecule has 0 aliphatic rings. The van der Waals surface area contributed by atoms with E-state index in [0.717, 1.165) is 12.5 Å². The normalized spacial score (nSPS) is 13.5. The summed E-state index contributed by atoms with van der Waals surface area (Å²) in [5, 5.41) is 3.37. The van der Waals surface area contributed by atoms with Crippen LogP contribution >= 0.6 is 0 Å². The van der Waals surface area contributed by atoms with Crippen molar-refractivity contribution in [2.24, 2.45) is 0 Å². The molecule has 1 heterocycles. The van der Waals surface area contributed by atoms with Crippen LogP contribution in [-0.2, 0) is 0 Å². The van der Waals surface area contributed by atoms with Crippen molar-refractivity contribution >= 4 is 5.95 Å². The van der Waals surface area contributed by atoms with Gasteiger partial charge in [0.1, 0.15) is 0 Å². The number of aromatic nitrogens is 2. The van der Waals surface area contributed by atoms with Crippen LogP contribution in [0.15, 0.2) is 12.4 Å². The zero-order valence-electron chi connectivity index (χ0n) is 10.4. The maximum atomic E-state index is 4.30. The predicted octanol–water partition coefficient (Wildman–Crippen LogP) is 1.83. The molecule has 0 radical (unpaired) electrons. The fourth-order valence-corrected chi connectivity index (χ4v) is 1.29. The molecule has 4 heteroatoms. The summed E-state index contributed by atoms with van der Waals surface area (Å²) in [7, 11) is 4.17. The van der Waals surface area contributed by atoms with Gasteiger partial charge in [0.05, 0.1) is 0 Å². The highest BCUT2D eigenvalue weighted by Crippen LogP contribution is 2.12. The van der Waals surface area contributed by atoms with Crippen LogP contribution < -0.4 is 5.32 Å². The summed E-state index contributed by atoms with van der Waals surface area (Å²) in [6.07, 6.45) is 3.84. The summed E-state index contributed by atoms with van der Waals surface area (Å²) in [5.74, 6) is 0.957. The highest BCUT2D eigenvalue weighted by molar-refractivity contribution is 5.26. The molecule has 1 aromatic rings. The third-order valence-corrected chi connectivity index (χ3v) is 2.66. The summed E-state index contributed by atoms with van der Waals surface area (Å²) < 4.78 is 2.14. The Hall–Kier alpha value is -1.03. The zero-order chi connectivity index (χ0) is 11.4. The number of imidazole rings is 1. The molecule has 0 aromatic carbocycles. The van der Waals surface area contributed by atoms with Crippen molar-refractivity contribution in [3.63, 3.8) is 0 Å². The molecule has 0 saturated heterocycles. The number of nitrogens with zero attached hydrogens (tertiary/aromatic N) is 3. The molecule has 0 aliphatic carbocycles. The number of anilines is 1. The Balaban J connectivity index is 2.54. The van der Waals surface area contributed by atoms with E-state index in [1.54, 1.807) is 0 Å². The van der Waals surface area contributed by atoms with Gasteiger partial charge in [-0.1, -0.05) is 0 Å². The topological polar surface area (TPSA) is 33.1 Å². The fraction of sp³-hybridized carbons (Fsp3) is 0.727. The van der Waals surface area contributed by atoms with Gasteiger partial charge in [-0.05, 0) is 34.9 Å². The lowest BCUT2D eigenvalue weighted by atomic mass is 10.3. The first-order chi connectivity index (χ1) is 7.02. The van der Waals surface area contributed by atoms with E-state index in [9.17, 15) is 0 Å². The lowest BCUT2D eigenvalue weighted by molar-refractivity contribution is 0.325. The smallest absolute Gasteiger partial charge is 0.203 e. The first-order valence-electron chi connectivity index (χ1n) is 5.45. The Morgan fingerprint density at radius 2 is 2.07 bits per heavy atom. The van der Waals surface area contributed by atoms with Crippen LogP contribution in [0.3, 0.4) is 0 Å². The largest absolute Gasteiger partial charge is 0.354 e. The maximum Gasteiger partial charge on any atom is 0.203 e. The Labute approximate surface area is 92.3 Å². The molecule has 0 aliphatic heterocycles. The van der Waals surface area contributed by atoms with Crippen LogP contribution in [-0.4, -0.2) is 41.1 Å². The second-order valence-corrected chi connectivity index (χ2v) is 4.45. The first kappa shape index (κ1) is 12.0. The van der Waals surface area contributed by atoms with Crippen molar-refractivity contribution < 1.29 is 0 Å². The Morgan fingerprint density at radius 3 is 2.60 bits per heavy atom. The van der Waals surface area contributed by atoms with Gasteiger partial charge < -0.3 is 14.8 Å². The Morgan fingerprint density at radius 1 is 1.40 bits per heavy atom. The third-order valence-electron chi connectivity index (χ3n) is 2.66. The van der Waals surface area contributed by atoms with Gasteiger partial charge in [-0.25, -0.2) is 4.98 Å². The van der Waals surface area contributed by atoms with E-state index in [-0.39, 0.29) is 0 Å². The molecule has 1 N–H and O–H groups in total. The van der Waals surface area contributed by atoms with Crippen molar-refractivity contribution in [1.29, 1.82) is 0 Å². The lowest BCUT2D eigenvalue weighted by Gasteiger charge is -2.21. The second-order valence-electron chi connectivity index (χ2n) is 4.45. The van der Waals surface area contributed by atoms with Crippen molar-refractivity contribution in [2.75, 3.05) is 26.0 Å². The van der Waals surface area contributed by atoms with E-state index in [0.29, 0.717) is 12.1 Å². The second kappa shape index (κ2) is 5.16. The molecule has 1 aromatic heterocycles. The summed E-state index contributed by atoms with van der Waals surface area (Å²) in [6.45, 7) is 7.41. The minimum Gasteiger partial charge on any atom is -0.354 e. The van der Waals surface area contributed by atoms with Crippen LogP contribution in [0.25, 0.3) is 0 Å². The quantitative estimate of drug-likeness (QED) is 0.805. The van der Waals surface area contributed by atoms with E-state index in [1.165, 1.54) is 0 Å². The minimum absolute atomic E-state index is 0.449. The third kappa shape index (κ3) is 3.23. The highest BCUT2D eigenvalue weighted by atomic mass is 15.2. The molecule has 0 amide bonds. The van der Waals surface area contributed by atoms with Crippen molar-refractivity contribution in [3.05, 3.63) is 12.4 Å². The van der Waals surface area contributed by atoms with Crippen LogP contribution in [0.1, 0.15) is 26.8 Å². The van der Waals surface area contributed by atoms with E-state index in [4.69, 9.17) is 0 Å². The number of rotatable bonds is 5. The molecule has 15 heavy (non-hydrogen) atoms. The summed E-state index contributed by atoms with van der Waals surface area (Å²) in [6, 6.07) is 0.951. The van der Waals surface area contributed by atoms with Crippen molar-refractivity contribution in [1.82, 2.24) is 14.5 Å². The average molecular weight is 210 g/mol. The molecule has 0 fully saturated rings. The average Bonchev–Trinajstić information content (AvgIpc) is 2.61. The molecule has 1 rings (SSSR count). The molecule has 0 saturated carbocycles. The van der Waals surface area contributed by atoms with Gasteiger partial charge in [0.15, 0.2) is 0 Å². The lowest BCUT2D eigenvalue weighted by Crippen LogP contribution is -2.32. The highest BCUT2D eigenvalue weighted by Gasteiger charge is 2.08. The molecule has 86 valence electrons. The van der Waals surface area contributed by atoms with Gasteiger partial charge >= 0.3 is 0 Å². The first-order valence-corrected chi connectivity index (χ1v) is 5.45. The standard InChI is InChI=1S/C11H22N4/c1-9(2)15-7-6-12-11(15)13-8-10(3)14(4)5/h6-7,9-10H,8H2,1-5H3,(H,12,13). The molecular weight excluding hydrogens is 188 g/mol. The summed E-state index contributed by atoms with van der Waals surface area (Å²) in [4.78, 5) is 6.49. The Bertz CT molecular complexity index is 291. The number of hydrogen-bond donors (Lipinski definition) is 1.